The Hall–Kier alpha value is -3.77. The van der Waals surface area contributed by atoms with E-state index < -0.39 is 30.5 Å². The Kier molecular flexibility index (Phi) is 17.2. The molecular formula is C36H47F3IN7O9. The van der Waals surface area contributed by atoms with Gasteiger partial charge in [-0.3, -0.25) is 0 Å². The SMILES string of the molecule is NCCc1ccc(Oc2ccc(OCc3cn(CCOCCOCCOCCOC[C@H]4OCC[C@@H](OC5=C(N)NC(C(F)(F)F)C=N5)[C@H]4O)nn3)cc2)c(I)c1. The van der Waals surface area contributed by atoms with Gasteiger partial charge in [-0.15, -0.1) is 5.10 Å². The van der Waals surface area contributed by atoms with Crippen molar-refractivity contribution in [2.45, 2.75) is 56.5 Å². The fourth-order valence-electron chi connectivity index (χ4n) is 5.37. The number of nitrogens with zero attached hydrogens (tertiary/aromatic N) is 4. The molecule has 1 aromatic heterocycles. The summed E-state index contributed by atoms with van der Waals surface area (Å²) < 4.78 is 86.7. The third-order valence-electron chi connectivity index (χ3n) is 8.31. The number of alkyl halides is 3. The number of hydrogen-bond donors (Lipinski definition) is 4. The number of aliphatic imine (C=N–C) groups is 1. The van der Waals surface area contributed by atoms with Gasteiger partial charge in [0.2, 0.25) is 0 Å². The van der Waals surface area contributed by atoms with Gasteiger partial charge in [-0.05, 0) is 77.5 Å². The van der Waals surface area contributed by atoms with E-state index >= 15 is 0 Å². The molecule has 1 unspecified atom stereocenters. The number of ether oxygens (including phenoxy) is 8. The van der Waals surface area contributed by atoms with E-state index in [2.05, 4.69) is 49.3 Å². The smallest absolute Gasteiger partial charge is 0.413 e. The maximum atomic E-state index is 12.9. The molecule has 1 saturated heterocycles. The number of benzene rings is 2. The summed E-state index contributed by atoms with van der Waals surface area (Å²) in [7, 11) is 0. The largest absolute Gasteiger partial charge is 0.487 e. The Bertz CT molecular complexity index is 1700. The van der Waals surface area contributed by atoms with Crippen molar-refractivity contribution in [2.75, 3.05) is 66.0 Å². The second-order valence-corrected chi connectivity index (χ2v) is 13.7. The van der Waals surface area contributed by atoms with Crippen molar-refractivity contribution < 1.29 is 56.2 Å². The number of rotatable bonds is 23. The molecule has 4 atom stereocenters. The van der Waals surface area contributed by atoms with Gasteiger partial charge in [0.05, 0.1) is 75.8 Å². The lowest BCUT2D eigenvalue weighted by molar-refractivity contribution is -0.163. The van der Waals surface area contributed by atoms with Crippen LogP contribution in [0.4, 0.5) is 13.2 Å². The first-order chi connectivity index (χ1) is 27.1. The van der Waals surface area contributed by atoms with Crippen molar-refractivity contribution >= 4 is 28.8 Å². The summed E-state index contributed by atoms with van der Waals surface area (Å²) in [5.41, 5.74) is 13.2. The van der Waals surface area contributed by atoms with Crippen LogP contribution in [-0.2, 0) is 48.0 Å². The van der Waals surface area contributed by atoms with Crippen molar-refractivity contribution in [1.82, 2.24) is 20.3 Å². The van der Waals surface area contributed by atoms with Crippen LogP contribution in [0.2, 0.25) is 0 Å². The van der Waals surface area contributed by atoms with Crippen molar-refractivity contribution in [1.29, 1.82) is 0 Å². The van der Waals surface area contributed by atoms with Crippen LogP contribution in [0.5, 0.6) is 17.2 Å². The molecule has 308 valence electrons. The zero-order valence-electron chi connectivity index (χ0n) is 30.6. The molecular weight excluding hydrogens is 858 g/mol. The van der Waals surface area contributed by atoms with Gasteiger partial charge in [0.15, 0.2) is 11.9 Å². The Balaban J connectivity index is 0.844. The van der Waals surface area contributed by atoms with E-state index in [4.69, 9.17) is 49.4 Å². The molecule has 16 nitrogen and oxygen atoms in total. The molecule has 3 heterocycles. The first kappa shape index (κ1) is 43.4. The lowest BCUT2D eigenvalue weighted by Crippen LogP contribution is -2.50. The summed E-state index contributed by atoms with van der Waals surface area (Å²) in [4.78, 5) is 3.68. The Labute approximate surface area is 335 Å². The molecule has 6 N–H and O–H groups in total. The molecule has 2 aromatic carbocycles. The number of aromatic nitrogens is 3. The quantitative estimate of drug-likeness (QED) is 0.0800. The summed E-state index contributed by atoms with van der Waals surface area (Å²) in [5.74, 6) is 1.59. The minimum absolute atomic E-state index is 0.0614. The number of nitrogens with two attached hydrogens (primary N) is 2. The van der Waals surface area contributed by atoms with Crippen LogP contribution in [0.3, 0.4) is 0 Å². The van der Waals surface area contributed by atoms with Crippen molar-refractivity contribution in [3.05, 3.63) is 75.2 Å². The molecule has 20 heteroatoms. The standard InChI is InChI=1S/C36H47F3IN7O9/c37-36(38,39)32-20-43-35(34(42)44-32)56-30-8-11-53-31(33(30)48)23-52-18-17-51-16-15-50-14-13-49-12-10-47-21-25(45-46-47)22-54-26-2-4-27(5-3-26)55-29-6-1-24(7-9-41)19-28(29)40/h1-6,19-21,30-33,44,48H,7-18,22-23,41-42H2/t30-,31-,32?,33-/m1/s1. The highest BCUT2D eigenvalue weighted by Gasteiger charge is 2.41. The van der Waals surface area contributed by atoms with E-state index in [0.717, 1.165) is 15.7 Å². The molecule has 2 aliphatic heterocycles. The average molecular weight is 906 g/mol. The molecule has 3 aromatic rings. The van der Waals surface area contributed by atoms with Gasteiger partial charge in [-0.1, -0.05) is 11.3 Å². The Morgan fingerprint density at radius 3 is 2.34 bits per heavy atom. The van der Waals surface area contributed by atoms with E-state index in [1.165, 1.54) is 5.56 Å². The van der Waals surface area contributed by atoms with Gasteiger partial charge in [-0.2, -0.15) is 13.2 Å². The maximum Gasteiger partial charge on any atom is 0.413 e. The van der Waals surface area contributed by atoms with Crippen molar-refractivity contribution in [3.8, 4) is 17.2 Å². The minimum atomic E-state index is -4.55. The topological polar surface area (TPSA) is 201 Å². The average Bonchev–Trinajstić information content (AvgIpc) is 3.63. The van der Waals surface area contributed by atoms with E-state index in [1.807, 2.05) is 42.6 Å². The highest BCUT2D eigenvalue weighted by atomic mass is 127. The summed E-state index contributed by atoms with van der Waals surface area (Å²) in [6.45, 7) is 4.21. The van der Waals surface area contributed by atoms with Gasteiger partial charge in [0.1, 0.15) is 47.9 Å². The second kappa shape index (κ2) is 22.2. The first-order valence-electron chi connectivity index (χ1n) is 18.0. The number of aliphatic hydroxyl groups is 1. The van der Waals surface area contributed by atoms with Crippen LogP contribution in [0.1, 0.15) is 17.7 Å². The molecule has 0 amide bonds. The summed E-state index contributed by atoms with van der Waals surface area (Å²) >= 11 is 2.26. The van der Waals surface area contributed by atoms with Crippen LogP contribution < -0.4 is 26.3 Å². The highest BCUT2D eigenvalue weighted by Crippen LogP contribution is 2.29. The maximum absolute atomic E-state index is 12.9. The van der Waals surface area contributed by atoms with Crippen LogP contribution in [0.15, 0.2) is 65.4 Å². The van der Waals surface area contributed by atoms with E-state index in [0.29, 0.717) is 82.6 Å². The molecule has 0 saturated carbocycles. The summed E-state index contributed by atoms with van der Waals surface area (Å²) in [6, 6.07) is 11.4. The summed E-state index contributed by atoms with van der Waals surface area (Å²) in [6.07, 6.45) is -3.56. The zero-order valence-corrected chi connectivity index (χ0v) is 32.7. The molecule has 2 aliphatic rings. The van der Waals surface area contributed by atoms with E-state index in [-0.39, 0.29) is 38.1 Å². The molecule has 1 fully saturated rings. The lowest BCUT2D eigenvalue weighted by Gasteiger charge is -2.35. The third kappa shape index (κ3) is 14.0. The molecule has 0 spiro atoms. The van der Waals surface area contributed by atoms with Crippen LogP contribution in [0, 0.1) is 3.57 Å². The third-order valence-corrected chi connectivity index (χ3v) is 9.15. The molecule has 5 rings (SSSR count). The van der Waals surface area contributed by atoms with E-state index in [9.17, 15) is 18.3 Å². The zero-order chi connectivity index (χ0) is 39.8. The molecule has 0 aliphatic carbocycles. The van der Waals surface area contributed by atoms with Crippen LogP contribution in [-0.4, -0.2) is 123 Å². The molecule has 56 heavy (non-hydrogen) atoms. The fourth-order valence-corrected chi connectivity index (χ4v) is 6.06. The summed E-state index contributed by atoms with van der Waals surface area (Å²) in [5, 5.41) is 21.0. The van der Waals surface area contributed by atoms with Gasteiger partial charge in [0.25, 0.3) is 5.88 Å². The second-order valence-electron chi connectivity index (χ2n) is 12.6. The molecule has 0 bridgehead atoms. The van der Waals surface area contributed by atoms with Crippen molar-refractivity contribution in [3.63, 3.8) is 0 Å². The van der Waals surface area contributed by atoms with Gasteiger partial charge in [0, 0.05) is 12.6 Å². The minimum Gasteiger partial charge on any atom is -0.487 e. The van der Waals surface area contributed by atoms with Gasteiger partial charge < -0.3 is 59.8 Å². The number of hydrogen-bond acceptors (Lipinski definition) is 15. The fraction of sp³-hybridized carbons (Fsp3) is 0.528. The van der Waals surface area contributed by atoms with Crippen LogP contribution >= 0.6 is 22.6 Å². The predicted octanol–water partition coefficient (Wildman–Crippen LogP) is 3.05. The van der Waals surface area contributed by atoms with Crippen molar-refractivity contribution in [2.24, 2.45) is 16.5 Å². The Morgan fingerprint density at radius 1 is 0.964 bits per heavy atom. The lowest BCUT2D eigenvalue weighted by atomic mass is 10.0. The van der Waals surface area contributed by atoms with Gasteiger partial charge >= 0.3 is 6.18 Å². The predicted molar refractivity (Wildman–Crippen MR) is 204 cm³/mol. The van der Waals surface area contributed by atoms with Gasteiger partial charge in [-0.25, -0.2) is 9.67 Å². The van der Waals surface area contributed by atoms with E-state index in [1.54, 1.807) is 4.68 Å². The number of halogens is 4. The Morgan fingerprint density at radius 2 is 1.66 bits per heavy atom. The number of nitrogens with one attached hydrogen (secondary N) is 1. The number of aliphatic hydroxyl groups excluding tert-OH is 1. The monoisotopic (exact) mass is 905 g/mol. The highest BCUT2D eigenvalue weighted by molar-refractivity contribution is 14.1. The first-order valence-corrected chi connectivity index (χ1v) is 19.1. The molecule has 0 radical (unpaired) electrons. The normalized spacial score (nSPS) is 19.9. The van der Waals surface area contributed by atoms with Crippen LogP contribution in [0.25, 0.3) is 0 Å².